The largest absolute Gasteiger partial charge is 0.379 e. The van der Waals surface area contributed by atoms with Crippen molar-refractivity contribution in [3.63, 3.8) is 0 Å². The van der Waals surface area contributed by atoms with E-state index >= 15 is 0 Å². The van der Waals surface area contributed by atoms with Crippen molar-refractivity contribution < 1.29 is 9.47 Å². The fourth-order valence-electron chi connectivity index (χ4n) is 0.815. The zero-order valence-corrected chi connectivity index (χ0v) is 11.1. The summed E-state index contributed by atoms with van der Waals surface area (Å²) in [6.45, 7) is 12.4. The van der Waals surface area contributed by atoms with Gasteiger partial charge in [-0.25, -0.2) is 0 Å². The molecule has 0 amide bonds. The van der Waals surface area contributed by atoms with Crippen molar-refractivity contribution in [3.05, 3.63) is 0 Å². The molecule has 0 rings (SSSR count). The zero-order valence-electron chi connectivity index (χ0n) is 11.1. The summed E-state index contributed by atoms with van der Waals surface area (Å²) in [5.41, 5.74) is 0. The molecule has 3 nitrogen and oxygen atoms in total. The van der Waals surface area contributed by atoms with Crippen molar-refractivity contribution >= 4 is 0 Å². The molecule has 0 aromatic rings. The van der Waals surface area contributed by atoms with Crippen LogP contribution in [0.25, 0.3) is 0 Å². The van der Waals surface area contributed by atoms with Gasteiger partial charge in [0, 0.05) is 13.2 Å². The predicted octanol–water partition coefficient (Wildman–Crippen LogP) is 2.31. The van der Waals surface area contributed by atoms with E-state index in [2.05, 4.69) is 19.2 Å². The van der Waals surface area contributed by atoms with E-state index in [4.69, 9.17) is 9.47 Å². The van der Waals surface area contributed by atoms with Gasteiger partial charge in [0.2, 0.25) is 0 Å². The van der Waals surface area contributed by atoms with Crippen LogP contribution in [0.2, 0.25) is 0 Å². The zero-order chi connectivity index (χ0) is 11.9. The Morgan fingerprint density at radius 1 is 0.933 bits per heavy atom. The van der Waals surface area contributed by atoms with Crippen LogP contribution < -0.4 is 5.32 Å². The molecule has 94 valence electrons. The molecule has 0 aliphatic rings. The second kappa shape index (κ2) is 16.3. The second-order valence-electron chi connectivity index (χ2n) is 3.51. The lowest BCUT2D eigenvalue weighted by Gasteiger charge is -2.06. The van der Waals surface area contributed by atoms with Crippen molar-refractivity contribution in [1.82, 2.24) is 5.32 Å². The van der Waals surface area contributed by atoms with Crippen LogP contribution >= 0.6 is 0 Å². The van der Waals surface area contributed by atoms with Gasteiger partial charge in [-0.15, -0.1) is 0 Å². The number of nitrogens with one attached hydrogen (secondary N) is 1. The molecular formula is C12H29NO2. The van der Waals surface area contributed by atoms with Crippen molar-refractivity contribution in [3.8, 4) is 0 Å². The molecule has 0 unspecified atom stereocenters. The van der Waals surface area contributed by atoms with Gasteiger partial charge in [-0.05, 0) is 19.4 Å². The normalized spacial score (nSPS) is 10.0. The van der Waals surface area contributed by atoms with E-state index in [0.29, 0.717) is 6.61 Å². The first-order valence-corrected chi connectivity index (χ1v) is 6.07. The number of likely N-dealkylation sites (N-methyl/N-ethyl adjacent to an activating group) is 1. The number of hydrogen-bond acceptors (Lipinski definition) is 3. The molecule has 15 heavy (non-hydrogen) atoms. The van der Waals surface area contributed by atoms with Crippen LogP contribution in [0.4, 0.5) is 0 Å². The Morgan fingerprint density at radius 3 is 1.93 bits per heavy atom. The van der Waals surface area contributed by atoms with E-state index in [1.807, 2.05) is 20.9 Å². The third kappa shape index (κ3) is 20.1. The topological polar surface area (TPSA) is 30.5 Å². The first-order chi connectivity index (χ1) is 7.27. The Hall–Kier alpha value is -0.120. The monoisotopic (exact) mass is 219 g/mol. The third-order valence-electron chi connectivity index (χ3n) is 1.71. The minimum Gasteiger partial charge on any atom is -0.379 e. The maximum Gasteiger partial charge on any atom is 0.0701 e. The molecule has 0 saturated heterocycles. The smallest absolute Gasteiger partial charge is 0.0701 e. The Bertz CT molecular complexity index is 97.6. The van der Waals surface area contributed by atoms with E-state index in [0.717, 1.165) is 38.7 Å². The molecule has 0 heterocycles. The molecule has 0 saturated carbocycles. The maximum atomic E-state index is 5.38. The van der Waals surface area contributed by atoms with Gasteiger partial charge >= 0.3 is 0 Å². The van der Waals surface area contributed by atoms with Crippen LogP contribution in [0.3, 0.4) is 0 Å². The van der Waals surface area contributed by atoms with Gasteiger partial charge in [0.1, 0.15) is 0 Å². The highest BCUT2D eigenvalue weighted by atomic mass is 16.5. The molecule has 0 atom stereocenters. The molecule has 0 aliphatic heterocycles. The lowest BCUT2D eigenvalue weighted by atomic mass is 10.1. The minimum atomic E-state index is 0.708. The minimum absolute atomic E-state index is 0.708. The van der Waals surface area contributed by atoms with Gasteiger partial charge < -0.3 is 14.8 Å². The maximum absolute atomic E-state index is 5.38. The highest BCUT2D eigenvalue weighted by Crippen LogP contribution is 1.98. The van der Waals surface area contributed by atoms with E-state index < -0.39 is 0 Å². The van der Waals surface area contributed by atoms with Crippen LogP contribution in [0.15, 0.2) is 0 Å². The van der Waals surface area contributed by atoms with Crippen LogP contribution in [-0.4, -0.2) is 40.0 Å². The summed E-state index contributed by atoms with van der Waals surface area (Å²) < 4.78 is 10.7. The molecule has 0 aromatic carbocycles. The molecule has 0 aromatic heterocycles. The molecule has 0 aliphatic carbocycles. The first-order valence-electron chi connectivity index (χ1n) is 6.07. The lowest BCUT2D eigenvalue weighted by molar-refractivity contribution is 0.0454. The summed E-state index contributed by atoms with van der Waals surface area (Å²) in [7, 11) is 1.92. The number of ether oxygens (including phenoxy) is 2. The number of rotatable bonds is 9. The SMILES string of the molecule is CC.CNCCOCCOCCC(C)C. The Morgan fingerprint density at radius 2 is 1.47 bits per heavy atom. The molecule has 3 heteroatoms. The average molecular weight is 219 g/mol. The fraction of sp³-hybridized carbons (Fsp3) is 1.00. The van der Waals surface area contributed by atoms with E-state index in [1.54, 1.807) is 0 Å². The van der Waals surface area contributed by atoms with E-state index in [1.165, 1.54) is 0 Å². The standard InChI is InChI=1S/C10H23NO2.C2H6/c1-10(2)4-6-12-8-9-13-7-5-11-3;1-2/h10-11H,4-9H2,1-3H3;1-2H3. The van der Waals surface area contributed by atoms with Crippen molar-refractivity contribution in [2.75, 3.05) is 40.0 Å². The molecule has 1 N–H and O–H groups in total. The van der Waals surface area contributed by atoms with Gasteiger partial charge in [-0.2, -0.15) is 0 Å². The van der Waals surface area contributed by atoms with Gasteiger partial charge in [0.05, 0.1) is 19.8 Å². The summed E-state index contributed by atoms with van der Waals surface area (Å²) >= 11 is 0. The lowest BCUT2D eigenvalue weighted by Crippen LogP contribution is -2.16. The van der Waals surface area contributed by atoms with Crippen molar-refractivity contribution in [1.29, 1.82) is 0 Å². The van der Waals surface area contributed by atoms with Gasteiger partial charge in [0.25, 0.3) is 0 Å². The molecule has 0 fully saturated rings. The fourth-order valence-corrected chi connectivity index (χ4v) is 0.815. The van der Waals surface area contributed by atoms with E-state index in [-0.39, 0.29) is 0 Å². The molecule has 0 radical (unpaired) electrons. The number of hydrogen-bond donors (Lipinski definition) is 1. The molecular weight excluding hydrogens is 190 g/mol. The first kappa shape index (κ1) is 17.3. The van der Waals surface area contributed by atoms with Crippen molar-refractivity contribution in [2.45, 2.75) is 34.1 Å². The highest BCUT2D eigenvalue weighted by molar-refractivity contribution is 4.42. The Labute approximate surface area is 95.5 Å². The Kier molecular flexibility index (Phi) is 18.8. The van der Waals surface area contributed by atoms with E-state index in [9.17, 15) is 0 Å². The predicted molar refractivity (Wildman–Crippen MR) is 66.4 cm³/mol. The summed E-state index contributed by atoms with van der Waals surface area (Å²) in [6.07, 6.45) is 1.14. The summed E-state index contributed by atoms with van der Waals surface area (Å²) in [6, 6.07) is 0. The van der Waals surface area contributed by atoms with Crippen molar-refractivity contribution in [2.24, 2.45) is 5.92 Å². The summed E-state index contributed by atoms with van der Waals surface area (Å²) in [5, 5.41) is 3.02. The van der Waals surface area contributed by atoms with Crippen LogP contribution in [0, 0.1) is 5.92 Å². The third-order valence-corrected chi connectivity index (χ3v) is 1.71. The van der Waals surface area contributed by atoms with Gasteiger partial charge in [-0.1, -0.05) is 27.7 Å². The van der Waals surface area contributed by atoms with Crippen LogP contribution in [-0.2, 0) is 9.47 Å². The summed E-state index contributed by atoms with van der Waals surface area (Å²) in [4.78, 5) is 0. The highest BCUT2D eigenvalue weighted by Gasteiger charge is 1.93. The second-order valence-corrected chi connectivity index (χ2v) is 3.51. The van der Waals surface area contributed by atoms with Gasteiger partial charge in [0.15, 0.2) is 0 Å². The van der Waals surface area contributed by atoms with Crippen LogP contribution in [0.1, 0.15) is 34.1 Å². The van der Waals surface area contributed by atoms with Gasteiger partial charge in [-0.3, -0.25) is 0 Å². The van der Waals surface area contributed by atoms with Crippen LogP contribution in [0.5, 0.6) is 0 Å². The quantitative estimate of drug-likeness (QED) is 0.604. The molecule has 0 bridgehead atoms. The average Bonchev–Trinajstić information content (AvgIpc) is 2.24. The Balaban J connectivity index is 0. The summed E-state index contributed by atoms with van der Waals surface area (Å²) in [5.74, 6) is 0.727. The molecule has 0 spiro atoms.